The first kappa shape index (κ1) is 18.5. The fourth-order valence-corrected chi connectivity index (χ4v) is 2.20. The molecule has 0 saturated carbocycles. The lowest BCUT2D eigenvalue weighted by Gasteiger charge is -2.13. The predicted molar refractivity (Wildman–Crippen MR) is 87.5 cm³/mol. The van der Waals surface area contributed by atoms with Crippen LogP contribution < -0.4 is 10.6 Å². The molecule has 0 aliphatic carbocycles. The molecule has 3 N–H and O–H groups in total. The third kappa shape index (κ3) is 5.96. The van der Waals surface area contributed by atoms with E-state index in [2.05, 4.69) is 10.6 Å². The molecule has 2 aromatic carbocycles. The molecule has 2 rings (SSSR count). The molecule has 2 aromatic rings. The maximum Gasteiger partial charge on any atom is 0.239 e. The van der Waals surface area contributed by atoms with Crippen LogP contribution in [0, 0.1) is 11.6 Å². The molecule has 7 heteroatoms. The molecule has 1 atom stereocenters. The Morgan fingerprint density at radius 1 is 1.00 bits per heavy atom. The van der Waals surface area contributed by atoms with Crippen molar-refractivity contribution in [1.82, 2.24) is 10.6 Å². The highest BCUT2D eigenvalue weighted by Gasteiger charge is 2.13. The minimum absolute atomic E-state index is 0.0527. The van der Waals surface area contributed by atoms with Crippen LogP contribution in [-0.2, 0) is 16.0 Å². The van der Waals surface area contributed by atoms with Gasteiger partial charge in [-0.05, 0) is 23.8 Å². The fourth-order valence-electron chi connectivity index (χ4n) is 2.20. The van der Waals surface area contributed by atoms with Gasteiger partial charge in [-0.2, -0.15) is 0 Å². The average molecular weight is 348 g/mol. The number of carbonyl (C=O) groups is 2. The summed E-state index contributed by atoms with van der Waals surface area (Å²) in [5.41, 5.74) is 0.575. The standard InChI is InChI=1S/C18H18F2N2O3/c19-13-5-3-4-12(8-13)9-17(24)22-11-18(25)21-10-16(23)14-6-1-2-7-15(14)20/h1-8,16,23H,9-11H2,(H,21,25)(H,22,24). The fraction of sp³-hybridized carbons (Fsp3) is 0.222. The Bertz CT molecular complexity index is 753. The molecular formula is C18H18F2N2O3. The van der Waals surface area contributed by atoms with Crippen LogP contribution in [0.15, 0.2) is 48.5 Å². The zero-order valence-electron chi connectivity index (χ0n) is 13.3. The molecule has 1 unspecified atom stereocenters. The van der Waals surface area contributed by atoms with Gasteiger partial charge < -0.3 is 15.7 Å². The number of amides is 2. The number of aliphatic hydroxyl groups is 1. The van der Waals surface area contributed by atoms with Crippen molar-refractivity contribution in [3.8, 4) is 0 Å². The average Bonchev–Trinajstić information content (AvgIpc) is 2.58. The highest BCUT2D eigenvalue weighted by atomic mass is 19.1. The maximum absolute atomic E-state index is 13.5. The summed E-state index contributed by atoms with van der Waals surface area (Å²) < 4.78 is 26.5. The van der Waals surface area contributed by atoms with Gasteiger partial charge in [0.05, 0.1) is 19.1 Å². The Labute approximate surface area is 143 Å². The van der Waals surface area contributed by atoms with Crippen LogP contribution >= 0.6 is 0 Å². The first-order chi connectivity index (χ1) is 12.0. The van der Waals surface area contributed by atoms with E-state index in [1.807, 2.05) is 0 Å². The summed E-state index contributed by atoms with van der Waals surface area (Å²) in [5.74, 6) is -1.96. The van der Waals surface area contributed by atoms with Gasteiger partial charge in [-0.3, -0.25) is 9.59 Å². The summed E-state index contributed by atoms with van der Waals surface area (Å²) in [6, 6.07) is 11.3. The van der Waals surface area contributed by atoms with E-state index in [1.54, 1.807) is 12.1 Å². The maximum atomic E-state index is 13.5. The molecule has 0 spiro atoms. The molecule has 5 nitrogen and oxygen atoms in total. The van der Waals surface area contributed by atoms with E-state index in [9.17, 15) is 23.5 Å². The molecule has 25 heavy (non-hydrogen) atoms. The third-order valence-corrected chi connectivity index (χ3v) is 3.46. The van der Waals surface area contributed by atoms with E-state index in [4.69, 9.17) is 0 Å². The van der Waals surface area contributed by atoms with E-state index in [1.165, 1.54) is 36.4 Å². The van der Waals surface area contributed by atoms with E-state index in [0.29, 0.717) is 5.56 Å². The van der Waals surface area contributed by atoms with Gasteiger partial charge in [-0.25, -0.2) is 8.78 Å². The number of benzene rings is 2. The van der Waals surface area contributed by atoms with Gasteiger partial charge in [-0.1, -0.05) is 30.3 Å². The number of hydrogen-bond acceptors (Lipinski definition) is 3. The summed E-state index contributed by atoms with van der Waals surface area (Å²) >= 11 is 0. The Balaban J connectivity index is 1.73. The minimum Gasteiger partial charge on any atom is -0.386 e. The molecule has 0 heterocycles. The summed E-state index contributed by atoms with van der Waals surface area (Å²) in [6.45, 7) is -0.475. The molecular weight excluding hydrogens is 330 g/mol. The topological polar surface area (TPSA) is 78.4 Å². The second kappa shape index (κ2) is 8.89. The van der Waals surface area contributed by atoms with Crippen LogP contribution in [0.25, 0.3) is 0 Å². The summed E-state index contributed by atoms with van der Waals surface area (Å²) in [7, 11) is 0. The van der Waals surface area contributed by atoms with E-state index >= 15 is 0 Å². The molecule has 132 valence electrons. The number of halogens is 2. The van der Waals surface area contributed by atoms with Crippen LogP contribution in [0.2, 0.25) is 0 Å². The zero-order chi connectivity index (χ0) is 18.2. The molecule has 0 aromatic heterocycles. The molecule has 0 radical (unpaired) electrons. The summed E-state index contributed by atoms with van der Waals surface area (Å²) in [4.78, 5) is 23.4. The predicted octanol–water partition coefficient (Wildman–Crippen LogP) is 1.47. The zero-order valence-corrected chi connectivity index (χ0v) is 13.3. The quantitative estimate of drug-likeness (QED) is 0.709. The van der Waals surface area contributed by atoms with Crippen molar-refractivity contribution in [2.75, 3.05) is 13.1 Å². The van der Waals surface area contributed by atoms with Gasteiger partial charge in [0, 0.05) is 12.1 Å². The molecule has 0 aliphatic rings. The second-order valence-electron chi connectivity index (χ2n) is 5.42. The smallest absolute Gasteiger partial charge is 0.239 e. The molecule has 0 saturated heterocycles. The molecule has 0 bridgehead atoms. The molecule has 0 aliphatic heterocycles. The Morgan fingerprint density at radius 3 is 2.48 bits per heavy atom. The number of nitrogens with one attached hydrogen (secondary N) is 2. The summed E-state index contributed by atoms with van der Waals surface area (Å²) in [5, 5.41) is 14.7. The van der Waals surface area contributed by atoms with Crippen molar-refractivity contribution in [2.24, 2.45) is 0 Å². The number of carbonyl (C=O) groups excluding carboxylic acids is 2. The number of rotatable bonds is 7. The van der Waals surface area contributed by atoms with Gasteiger partial charge in [0.2, 0.25) is 11.8 Å². The third-order valence-electron chi connectivity index (χ3n) is 3.46. The van der Waals surface area contributed by atoms with Crippen LogP contribution in [-0.4, -0.2) is 30.0 Å². The minimum atomic E-state index is -1.19. The summed E-state index contributed by atoms with van der Waals surface area (Å²) in [6.07, 6.45) is -1.24. The Hall–Kier alpha value is -2.80. The van der Waals surface area contributed by atoms with Gasteiger partial charge in [-0.15, -0.1) is 0 Å². The van der Waals surface area contributed by atoms with Crippen LogP contribution in [0.3, 0.4) is 0 Å². The highest BCUT2D eigenvalue weighted by Crippen LogP contribution is 2.15. The first-order valence-corrected chi connectivity index (χ1v) is 7.66. The van der Waals surface area contributed by atoms with Crippen molar-refractivity contribution in [3.63, 3.8) is 0 Å². The van der Waals surface area contributed by atoms with Crippen molar-refractivity contribution < 1.29 is 23.5 Å². The normalized spacial score (nSPS) is 11.6. The van der Waals surface area contributed by atoms with Crippen LogP contribution in [0.5, 0.6) is 0 Å². The van der Waals surface area contributed by atoms with E-state index < -0.39 is 29.6 Å². The van der Waals surface area contributed by atoms with Crippen molar-refractivity contribution in [1.29, 1.82) is 0 Å². The number of hydrogen-bond donors (Lipinski definition) is 3. The van der Waals surface area contributed by atoms with Crippen LogP contribution in [0.4, 0.5) is 8.78 Å². The second-order valence-corrected chi connectivity index (χ2v) is 5.42. The van der Waals surface area contributed by atoms with Crippen molar-refractivity contribution in [3.05, 3.63) is 71.3 Å². The van der Waals surface area contributed by atoms with Crippen LogP contribution in [0.1, 0.15) is 17.2 Å². The van der Waals surface area contributed by atoms with Gasteiger partial charge >= 0.3 is 0 Å². The first-order valence-electron chi connectivity index (χ1n) is 7.66. The largest absolute Gasteiger partial charge is 0.386 e. The van der Waals surface area contributed by atoms with Crippen molar-refractivity contribution >= 4 is 11.8 Å². The molecule has 2 amide bonds. The molecule has 0 fully saturated rings. The van der Waals surface area contributed by atoms with E-state index in [0.717, 1.165) is 0 Å². The van der Waals surface area contributed by atoms with Crippen molar-refractivity contribution in [2.45, 2.75) is 12.5 Å². The van der Waals surface area contributed by atoms with E-state index in [-0.39, 0.29) is 25.1 Å². The van der Waals surface area contributed by atoms with Gasteiger partial charge in [0.1, 0.15) is 11.6 Å². The van der Waals surface area contributed by atoms with Gasteiger partial charge in [0.25, 0.3) is 0 Å². The van der Waals surface area contributed by atoms with Gasteiger partial charge in [0.15, 0.2) is 0 Å². The lowest BCUT2D eigenvalue weighted by molar-refractivity contribution is -0.126. The SMILES string of the molecule is O=C(CNC(=O)Cc1cccc(F)c1)NCC(O)c1ccccc1F. The lowest BCUT2D eigenvalue weighted by Crippen LogP contribution is -2.39. The Kier molecular flexibility index (Phi) is 6.59. The lowest BCUT2D eigenvalue weighted by atomic mass is 10.1. The monoisotopic (exact) mass is 348 g/mol. The number of aliphatic hydroxyl groups excluding tert-OH is 1. The Morgan fingerprint density at radius 2 is 1.76 bits per heavy atom. The highest BCUT2D eigenvalue weighted by molar-refractivity contribution is 5.85.